The normalized spacial score (nSPS) is 32.5. The highest BCUT2D eigenvalue weighted by atomic mass is 16.5. The summed E-state index contributed by atoms with van der Waals surface area (Å²) in [5.41, 5.74) is 0.800. The first kappa shape index (κ1) is 11.0. The first-order valence-corrected chi connectivity index (χ1v) is 5.46. The maximum absolute atomic E-state index is 5.90. The minimum Gasteiger partial charge on any atom is -0.378 e. The molecule has 0 aliphatic carbocycles. The van der Waals surface area contributed by atoms with Gasteiger partial charge in [-0.2, -0.15) is 0 Å². The van der Waals surface area contributed by atoms with E-state index >= 15 is 0 Å². The molecule has 0 aromatic carbocycles. The van der Waals surface area contributed by atoms with Crippen LogP contribution in [0.2, 0.25) is 0 Å². The van der Waals surface area contributed by atoms with Gasteiger partial charge in [0.2, 0.25) is 0 Å². The molecular weight excluding hydrogens is 160 g/mol. The minimum atomic E-state index is 0.355. The van der Waals surface area contributed by atoms with Gasteiger partial charge in [-0.05, 0) is 30.1 Å². The molecule has 1 aliphatic heterocycles. The van der Waals surface area contributed by atoms with Crippen LogP contribution < -0.4 is 0 Å². The van der Waals surface area contributed by atoms with Crippen molar-refractivity contribution >= 4 is 0 Å². The van der Waals surface area contributed by atoms with Crippen LogP contribution in [-0.4, -0.2) is 12.7 Å². The second kappa shape index (κ2) is 3.61. The average Bonchev–Trinajstić information content (AvgIpc) is 2.04. The van der Waals surface area contributed by atoms with Crippen LogP contribution in [0.3, 0.4) is 0 Å². The molecule has 0 N–H and O–H groups in total. The van der Waals surface area contributed by atoms with E-state index in [1.54, 1.807) is 0 Å². The lowest BCUT2D eigenvalue weighted by Crippen LogP contribution is -2.23. The van der Waals surface area contributed by atoms with Crippen LogP contribution in [0.25, 0.3) is 0 Å². The summed E-state index contributed by atoms with van der Waals surface area (Å²) >= 11 is 0. The second-order valence-corrected chi connectivity index (χ2v) is 6.05. The molecule has 0 amide bonds. The Labute approximate surface area is 82.9 Å². The predicted octanol–water partition coefficient (Wildman–Crippen LogP) is 3.63. The van der Waals surface area contributed by atoms with Crippen molar-refractivity contribution < 1.29 is 4.74 Å². The summed E-state index contributed by atoms with van der Waals surface area (Å²) in [6.07, 6.45) is 4.12. The van der Waals surface area contributed by atoms with E-state index in [9.17, 15) is 0 Å². The van der Waals surface area contributed by atoms with Gasteiger partial charge >= 0.3 is 0 Å². The van der Waals surface area contributed by atoms with Gasteiger partial charge in [-0.15, -0.1) is 0 Å². The van der Waals surface area contributed by atoms with Crippen molar-refractivity contribution in [3.63, 3.8) is 0 Å². The molecule has 1 rings (SSSR count). The van der Waals surface area contributed by atoms with Crippen LogP contribution >= 0.6 is 0 Å². The van der Waals surface area contributed by atoms with Crippen molar-refractivity contribution in [1.82, 2.24) is 0 Å². The van der Waals surface area contributed by atoms with Crippen molar-refractivity contribution in [3.8, 4) is 0 Å². The lowest BCUT2D eigenvalue weighted by molar-refractivity contribution is 0.0150. The van der Waals surface area contributed by atoms with E-state index in [0.29, 0.717) is 16.9 Å². The molecule has 0 aromatic heterocycles. The summed E-state index contributed by atoms with van der Waals surface area (Å²) in [5.74, 6) is 0. The van der Waals surface area contributed by atoms with Crippen LogP contribution in [0.1, 0.15) is 53.9 Å². The molecule has 1 atom stereocenters. The van der Waals surface area contributed by atoms with E-state index in [0.717, 1.165) is 13.0 Å². The zero-order chi connectivity index (χ0) is 10.1. The average molecular weight is 184 g/mol. The Balaban J connectivity index is 2.69. The second-order valence-electron chi connectivity index (χ2n) is 6.05. The van der Waals surface area contributed by atoms with Gasteiger partial charge < -0.3 is 4.74 Å². The van der Waals surface area contributed by atoms with Crippen molar-refractivity contribution in [3.05, 3.63) is 0 Å². The van der Waals surface area contributed by atoms with E-state index in [1.807, 2.05) is 0 Å². The van der Waals surface area contributed by atoms with Gasteiger partial charge in [0, 0.05) is 0 Å². The molecule has 1 heteroatoms. The Bertz CT molecular complexity index is 170. The number of ether oxygens (including phenoxy) is 1. The fourth-order valence-corrected chi connectivity index (χ4v) is 2.70. The summed E-state index contributed by atoms with van der Waals surface area (Å²) in [7, 11) is 0. The summed E-state index contributed by atoms with van der Waals surface area (Å²) in [6.45, 7) is 12.5. The Morgan fingerprint density at radius 1 is 1.15 bits per heavy atom. The smallest absolute Gasteiger partial charge is 0.0577 e. The predicted molar refractivity (Wildman–Crippen MR) is 56.8 cm³/mol. The summed E-state index contributed by atoms with van der Waals surface area (Å²) < 4.78 is 5.90. The van der Waals surface area contributed by atoms with E-state index in [2.05, 4.69) is 34.6 Å². The highest BCUT2D eigenvalue weighted by Crippen LogP contribution is 2.41. The maximum Gasteiger partial charge on any atom is 0.0577 e. The maximum atomic E-state index is 5.90. The third kappa shape index (κ3) is 3.30. The van der Waals surface area contributed by atoms with Crippen LogP contribution in [0.5, 0.6) is 0 Å². The van der Waals surface area contributed by atoms with Gasteiger partial charge in [0.1, 0.15) is 0 Å². The van der Waals surface area contributed by atoms with Crippen molar-refractivity contribution in [2.24, 2.45) is 10.8 Å². The molecule has 1 unspecified atom stereocenters. The third-order valence-corrected chi connectivity index (χ3v) is 2.90. The zero-order valence-electron chi connectivity index (χ0n) is 9.81. The Hall–Kier alpha value is -0.0400. The highest BCUT2D eigenvalue weighted by Gasteiger charge is 2.34. The molecular formula is C12H24O. The van der Waals surface area contributed by atoms with Gasteiger partial charge in [0.05, 0.1) is 12.7 Å². The Morgan fingerprint density at radius 3 is 2.31 bits per heavy atom. The molecule has 0 bridgehead atoms. The van der Waals surface area contributed by atoms with Gasteiger partial charge in [-0.1, -0.05) is 34.6 Å². The molecule has 0 spiro atoms. The number of hydrogen-bond acceptors (Lipinski definition) is 1. The molecule has 13 heavy (non-hydrogen) atoms. The molecule has 1 fully saturated rings. The van der Waals surface area contributed by atoms with Gasteiger partial charge in [-0.25, -0.2) is 0 Å². The summed E-state index contributed by atoms with van der Waals surface area (Å²) in [4.78, 5) is 0. The molecule has 0 radical (unpaired) electrons. The molecule has 0 saturated carbocycles. The van der Waals surface area contributed by atoms with E-state index in [1.165, 1.54) is 12.8 Å². The molecule has 1 saturated heterocycles. The fourth-order valence-electron chi connectivity index (χ4n) is 2.70. The highest BCUT2D eigenvalue weighted by molar-refractivity contribution is 4.84. The van der Waals surface area contributed by atoms with Crippen molar-refractivity contribution in [1.29, 1.82) is 0 Å². The van der Waals surface area contributed by atoms with Crippen LogP contribution in [0, 0.1) is 10.8 Å². The quantitative estimate of drug-likeness (QED) is 0.604. The van der Waals surface area contributed by atoms with Crippen molar-refractivity contribution in [2.45, 2.75) is 60.0 Å². The fraction of sp³-hybridized carbons (Fsp3) is 1.00. The first-order chi connectivity index (χ1) is 5.85. The van der Waals surface area contributed by atoms with Crippen LogP contribution in [0.4, 0.5) is 0 Å². The molecule has 1 heterocycles. The first-order valence-electron chi connectivity index (χ1n) is 5.46. The van der Waals surface area contributed by atoms with Crippen molar-refractivity contribution in [2.75, 3.05) is 6.61 Å². The third-order valence-electron chi connectivity index (χ3n) is 2.90. The molecule has 1 aliphatic rings. The SMILES string of the molecule is CCC1CC(C)(C)CC(C)(C)CO1. The largest absolute Gasteiger partial charge is 0.378 e. The molecule has 0 aromatic rings. The van der Waals surface area contributed by atoms with E-state index < -0.39 is 0 Å². The zero-order valence-corrected chi connectivity index (χ0v) is 9.81. The summed E-state index contributed by atoms with van der Waals surface area (Å²) in [5, 5.41) is 0. The Kier molecular flexibility index (Phi) is 3.06. The van der Waals surface area contributed by atoms with Crippen LogP contribution in [-0.2, 0) is 4.74 Å². The monoisotopic (exact) mass is 184 g/mol. The number of rotatable bonds is 1. The minimum absolute atomic E-state index is 0.355. The molecule has 78 valence electrons. The van der Waals surface area contributed by atoms with Gasteiger partial charge in [0.25, 0.3) is 0 Å². The van der Waals surface area contributed by atoms with Gasteiger partial charge in [0.15, 0.2) is 0 Å². The van der Waals surface area contributed by atoms with E-state index in [-0.39, 0.29) is 0 Å². The Morgan fingerprint density at radius 2 is 1.77 bits per heavy atom. The lowest BCUT2D eigenvalue weighted by atomic mass is 9.74. The standard InChI is InChI=1S/C12H24O/c1-6-10-7-11(2,3)8-12(4,5)9-13-10/h10H,6-9H2,1-5H3. The summed E-state index contributed by atoms with van der Waals surface area (Å²) in [6, 6.07) is 0. The number of hydrogen-bond donors (Lipinski definition) is 0. The van der Waals surface area contributed by atoms with Gasteiger partial charge in [-0.3, -0.25) is 0 Å². The lowest BCUT2D eigenvalue weighted by Gasteiger charge is -2.30. The topological polar surface area (TPSA) is 9.23 Å². The van der Waals surface area contributed by atoms with E-state index in [4.69, 9.17) is 4.74 Å². The van der Waals surface area contributed by atoms with Crippen LogP contribution in [0.15, 0.2) is 0 Å². The molecule has 1 nitrogen and oxygen atoms in total.